The van der Waals surface area contributed by atoms with Crippen LogP contribution in [0.15, 0.2) is 24.3 Å². The molecule has 5 nitrogen and oxygen atoms in total. The second-order valence-electron chi connectivity index (χ2n) is 7.47. The molecule has 1 fully saturated rings. The number of rotatable bonds is 8. The zero-order valence-corrected chi connectivity index (χ0v) is 15.8. The SMILES string of the molecule is CC(C)NC(=O)CNC(=O)C[NH+](Cc1ccc(F)cc1)C1CCCCC1. The molecule has 1 aliphatic carbocycles. The van der Waals surface area contributed by atoms with E-state index in [0.29, 0.717) is 19.1 Å². The predicted molar refractivity (Wildman–Crippen MR) is 99.1 cm³/mol. The fourth-order valence-corrected chi connectivity index (χ4v) is 3.55. The highest BCUT2D eigenvalue weighted by Crippen LogP contribution is 2.15. The van der Waals surface area contributed by atoms with Crippen molar-refractivity contribution in [2.45, 2.75) is 64.6 Å². The Kier molecular flexibility index (Phi) is 8.04. The molecule has 2 rings (SSSR count). The van der Waals surface area contributed by atoms with Crippen LogP contribution in [0.5, 0.6) is 0 Å². The molecule has 0 aliphatic heterocycles. The molecule has 0 bridgehead atoms. The van der Waals surface area contributed by atoms with Crippen molar-refractivity contribution < 1.29 is 18.9 Å². The van der Waals surface area contributed by atoms with Crippen LogP contribution in [0.25, 0.3) is 0 Å². The monoisotopic (exact) mass is 364 g/mol. The molecule has 1 unspecified atom stereocenters. The summed E-state index contributed by atoms with van der Waals surface area (Å²) >= 11 is 0. The Morgan fingerprint density at radius 2 is 1.77 bits per heavy atom. The van der Waals surface area contributed by atoms with Gasteiger partial charge in [0.2, 0.25) is 5.91 Å². The van der Waals surface area contributed by atoms with Gasteiger partial charge in [-0.3, -0.25) is 9.59 Å². The van der Waals surface area contributed by atoms with Gasteiger partial charge in [-0.1, -0.05) is 18.6 Å². The number of hydrogen-bond donors (Lipinski definition) is 3. The zero-order chi connectivity index (χ0) is 18.9. The van der Waals surface area contributed by atoms with Crippen LogP contribution in [0.2, 0.25) is 0 Å². The minimum atomic E-state index is -0.248. The molecule has 1 aliphatic rings. The van der Waals surface area contributed by atoms with E-state index in [1.807, 2.05) is 13.8 Å². The van der Waals surface area contributed by atoms with Crippen LogP contribution >= 0.6 is 0 Å². The Balaban J connectivity index is 1.93. The van der Waals surface area contributed by atoms with Gasteiger partial charge in [-0.15, -0.1) is 0 Å². The van der Waals surface area contributed by atoms with E-state index < -0.39 is 0 Å². The molecular formula is C20H31FN3O2+. The third kappa shape index (κ3) is 7.12. The standard InChI is InChI=1S/C20H30FN3O2/c1-15(2)23-19(25)12-22-20(26)14-24(18-6-4-3-5-7-18)13-16-8-10-17(21)11-9-16/h8-11,15,18H,3-7,12-14H2,1-2H3,(H,22,26)(H,23,25)/p+1. The Hall–Kier alpha value is -1.95. The molecule has 2 amide bonds. The topological polar surface area (TPSA) is 62.6 Å². The fraction of sp³-hybridized carbons (Fsp3) is 0.600. The number of halogens is 1. The third-order valence-corrected chi connectivity index (χ3v) is 4.81. The summed E-state index contributed by atoms with van der Waals surface area (Å²) in [7, 11) is 0. The second-order valence-corrected chi connectivity index (χ2v) is 7.47. The molecule has 1 aromatic rings. The van der Waals surface area contributed by atoms with Crippen LogP contribution in [0, 0.1) is 5.82 Å². The van der Waals surface area contributed by atoms with E-state index >= 15 is 0 Å². The molecular weight excluding hydrogens is 333 g/mol. The van der Waals surface area contributed by atoms with Crippen molar-refractivity contribution >= 4 is 11.8 Å². The molecule has 0 heterocycles. The van der Waals surface area contributed by atoms with E-state index in [0.717, 1.165) is 18.4 Å². The van der Waals surface area contributed by atoms with Gasteiger partial charge in [0.05, 0.1) is 12.6 Å². The Morgan fingerprint density at radius 1 is 1.12 bits per heavy atom. The van der Waals surface area contributed by atoms with Gasteiger partial charge in [0.1, 0.15) is 12.4 Å². The van der Waals surface area contributed by atoms with Gasteiger partial charge in [-0.05, 0) is 51.7 Å². The minimum Gasteiger partial charge on any atom is -0.352 e. The summed E-state index contributed by atoms with van der Waals surface area (Å²) in [6, 6.07) is 6.98. The first-order valence-corrected chi connectivity index (χ1v) is 9.59. The van der Waals surface area contributed by atoms with E-state index in [9.17, 15) is 14.0 Å². The molecule has 144 valence electrons. The number of hydrogen-bond acceptors (Lipinski definition) is 2. The molecule has 1 atom stereocenters. The van der Waals surface area contributed by atoms with E-state index in [1.165, 1.54) is 36.3 Å². The minimum absolute atomic E-state index is 0.00546. The van der Waals surface area contributed by atoms with Gasteiger partial charge in [-0.2, -0.15) is 0 Å². The largest absolute Gasteiger partial charge is 0.352 e. The molecule has 0 saturated heterocycles. The lowest BCUT2D eigenvalue weighted by atomic mass is 9.93. The first-order valence-electron chi connectivity index (χ1n) is 9.59. The molecule has 1 aromatic carbocycles. The van der Waals surface area contributed by atoms with Crippen LogP contribution in [0.4, 0.5) is 4.39 Å². The van der Waals surface area contributed by atoms with Gasteiger partial charge < -0.3 is 15.5 Å². The average Bonchev–Trinajstić information content (AvgIpc) is 2.61. The van der Waals surface area contributed by atoms with Gasteiger partial charge in [0, 0.05) is 11.6 Å². The van der Waals surface area contributed by atoms with Crippen molar-refractivity contribution in [3.8, 4) is 0 Å². The van der Waals surface area contributed by atoms with Crippen molar-refractivity contribution in [1.82, 2.24) is 10.6 Å². The lowest BCUT2D eigenvalue weighted by Gasteiger charge is -2.31. The van der Waals surface area contributed by atoms with Crippen molar-refractivity contribution in [3.63, 3.8) is 0 Å². The van der Waals surface area contributed by atoms with Gasteiger partial charge in [0.25, 0.3) is 5.91 Å². The first kappa shape index (κ1) is 20.4. The van der Waals surface area contributed by atoms with Crippen LogP contribution in [0.3, 0.4) is 0 Å². The number of benzene rings is 1. The van der Waals surface area contributed by atoms with E-state index in [1.54, 1.807) is 12.1 Å². The van der Waals surface area contributed by atoms with Crippen molar-refractivity contribution in [2.75, 3.05) is 13.1 Å². The number of nitrogens with one attached hydrogen (secondary N) is 3. The van der Waals surface area contributed by atoms with Crippen molar-refractivity contribution in [2.24, 2.45) is 0 Å². The van der Waals surface area contributed by atoms with Crippen molar-refractivity contribution in [3.05, 3.63) is 35.6 Å². The summed E-state index contributed by atoms with van der Waals surface area (Å²) in [6.45, 7) is 4.80. The quantitative estimate of drug-likeness (QED) is 0.649. The molecule has 6 heteroatoms. The summed E-state index contributed by atoms with van der Waals surface area (Å²) in [4.78, 5) is 25.3. The van der Waals surface area contributed by atoms with Gasteiger partial charge in [0.15, 0.2) is 6.54 Å². The number of amides is 2. The number of carbonyl (C=O) groups is 2. The maximum atomic E-state index is 13.1. The summed E-state index contributed by atoms with van der Waals surface area (Å²) in [6.07, 6.45) is 5.85. The average molecular weight is 364 g/mol. The maximum absolute atomic E-state index is 13.1. The van der Waals surface area contributed by atoms with E-state index in [2.05, 4.69) is 10.6 Å². The molecule has 1 saturated carbocycles. The van der Waals surface area contributed by atoms with Gasteiger partial charge in [-0.25, -0.2) is 4.39 Å². The van der Waals surface area contributed by atoms with Crippen molar-refractivity contribution in [1.29, 1.82) is 0 Å². The summed E-state index contributed by atoms with van der Waals surface area (Å²) < 4.78 is 13.1. The Bertz CT molecular complexity index is 583. The second kappa shape index (κ2) is 10.3. The lowest BCUT2D eigenvalue weighted by Crippen LogP contribution is -3.15. The zero-order valence-electron chi connectivity index (χ0n) is 15.8. The third-order valence-electron chi connectivity index (χ3n) is 4.81. The van der Waals surface area contributed by atoms with Gasteiger partial charge >= 0.3 is 0 Å². The Labute approximate surface area is 155 Å². The molecule has 26 heavy (non-hydrogen) atoms. The molecule has 0 spiro atoms. The molecule has 0 radical (unpaired) electrons. The van der Waals surface area contributed by atoms with E-state index in [-0.39, 0.29) is 30.2 Å². The smallest absolute Gasteiger partial charge is 0.275 e. The highest BCUT2D eigenvalue weighted by molar-refractivity contribution is 5.85. The molecule has 3 N–H and O–H groups in total. The maximum Gasteiger partial charge on any atom is 0.275 e. The van der Waals surface area contributed by atoms with Crippen LogP contribution < -0.4 is 15.5 Å². The van der Waals surface area contributed by atoms with E-state index in [4.69, 9.17) is 0 Å². The van der Waals surface area contributed by atoms with Crippen LogP contribution in [0.1, 0.15) is 51.5 Å². The van der Waals surface area contributed by atoms with Crippen LogP contribution in [-0.4, -0.2) is 37.0 Å². The number of carbonyl (C=O) groups excluding carboxylic acids is 2. The van der Waals surface area contributed by atoms with Crippen LogP contribution in [-0.2, 0) is 16.1 Å². The normalized spacial score (nSPS) is 16.3. The highest BCUT2D eigenvalue weighted by Gasteiger charge is 2.27. The Morgan fingerprint density at radius 3 is 2.38 bits per heavy atom. The first-order chi connectivity index (χ1) is 12.4. The highest BCUT2D eigenvalue weighted by atomic mass is 19.1. The summed E-state index contributed by atoms with van der Waals surface area (Å²) in [5.41, 5.74) is 1.03. The predicted octanol–water partition coefficient (Wildman–Crippen LogP) is 1.18. The summed E-state index contributed by atoms with van der Waals surface area (Å²) in [5.74, 6) is -0.542. The fourth-order valence-electron chi connectivity index (χ4n) is 3.55. The number of quaternary nitrogens is 1. The molecule has 0 aromatic heterocycles. The lowest BCUT2D eigenvalue weighted by molar-refractivity contribution is -0.932. The summed E-state index contributed by atoms with van der Waals surface area (Å²) in [5, 5.41) is 5.48.